The second-order valence-electron chi connectivity index (χ2n) is 21.9. The van der Waals surface area contributed by atoms with Crippen LogP contribution < -0.4 is 28.9 Å². The molecule has 10 aromatic rings. The third-order valence-corrected chi connectivity index (χ3v) is 15.9. The standard InChI is InChI=1S/C71H69N3O3/c1-45(2)48-16-22-51(23-17-48)72(52-28-35-58(75-9)36-29-52)57-34-41-61-64-43-65-66(44-68(64)71(7,8)67(61)42-57)70(74(56-32-39-60(77-11)40-33-56)54-26-20-50(21-27-54)47(5)6)63-15-13-12-14-62(63)69(65)73(55-30-37-59(76-10)38-31-55)53-24-18-49(19-25-53)46(3)4/h12-47H,1-11H3. The summed E-state index contributed by atoms with van der Waals surface area (Å²) in [5.74, 6) is 3.64. The largest absolute Gasteiger partial charge is 0.497 e. The van der Waals surface area contributed by atoms with Gasteiger partial charge < -0.3 is 28.9 Å². The summed E-state index contributed by atoms with van der Waals surface area (Å²) in [5.41, 5.74) is 18.2. The Morgan fingerprint density at radius 2 is 0.623 bits per heavy atom. The molecule has 0 heterocycles. The van der Waals surface area contributed by atoms with E-state index < -0.39 is 5.41 Å². The minimum absolute atomic E-state index is 0.387. The maximum absolute atomic E-state index is 5.76. The second-order valence-corrected chi connectivity index (χ2v) is 21.9. The third-order valence-electron chi connectivity index (χ3n) is 15.9. The third kappa shape index (κ3) is 9.20. The predicted octanol–water partition coefficient (Wildman–Crippen LogP) is 20.1. The van der Waals surface area contributed by atoms with E-state index in [2.05, 4.69) is 258 Å². The highest BCUT2D eigenvalue weighted by molar-refractivity contribution is 6.24. The first-order valence-corrected chi connectivity index (χ1v) is 27.1. The fraction of sp³-hybridized carbons (Fsp3) is 0.211. The van der Waals surface area contributed by atoms with Crippen molar-refractivity contribution in [2.24, 2.45) is 0 Å². The van der Waals surface area contributed by atoms with Gasteiger partial charge in [0.15, 0.2) is 0 Å². The van der Waals surface area contributed by atoms with Gasteiger partial charge in [-0.25, -0.2) is 0 Å². The van der Waals surface area contributed by atoms with E-state index in [1.807, 2.05) is 12.1 Å². The molecule has 0 amide bonds. The Bertz CT molecular complexity index is 3730. The van der Waals surface area contributed by atoms with Crippen LogP contribution in [0.25, 0.3) is 32.7 Å². The molecule has 6 heteroatoms. The molecule has 1 aliphatic rings. The van der Waals surface area contributed by atoms with E-state index in [9.17, 15) is 0 Å². The van der Waals surface area contributed by atoms with Gasteiger partial charge in [-0.15, -0.1) is 0 Å². The van der Waals surface area contributed by atoms with Crippen LogP contribution in [-0.2, 0) is 5.41 Å². The van der Waals surface area contributed by atoms with E-state index in [0.717, 1.165) is 90.0 Å². The summed E-state index contributed by atoms with van der Waals surface area (Å²) in [5, 5.41) is 4.54. The van der Waals surface area contributed by atoms with Gasteiger partial charge in [0.25, 0.3) is 0 Å². The van der Waals surface area contributed by atoms with Crippen LogP contribution in [0.2, 0.25) is 0 Å². The van der Waals surface area contributed by atoms with Gasteiger partial charge in [-0.3, -0.25) is 0 Å². The van der Waals surface area contributed by atoms with Crippen LogP contribution in [-0.4, -0.2) is 21.3 Å². The van der Waals surface area contributed by atoms with Crippen LogP contribution in [0.3, 0.4) is 0 Å². The zero-order chi connectivity index (χ0) is 53.7. The first-order valence-electron chi connectivity index (χ1n) is 27.1. The molecule has 0 saturated heterocycles. The van der Waals surface area contributed by atoms with Gasteiger partial charge in [0.1, 0.15) is 17.2 Å². The van der Waals surface area contributed by atoms with Crippen molar-refractivity contribution in [1.29, 1.82) is 0 Å². The number of hydrogen-bond acceptors (Lipinski definition) is 6. The lowest BCUT2D eigenvalue weighted by Crippen LogP contribution is -2.17. The molecule has 77 heavy (non-hydrogen) atoms. The molecule has 386 valence electrons. The van der Waals surface area contributed by atoms with E-state index in [4.69, 9.17) is 14.2 Å². The monoisotopic (exact) mass is 1010 g/mol. The van der Waals surface area contributed by atoms with Gasteiger partial charge in [-0.2, -0.15) is 0 Å². The fourth-order valence-electron chi connectivity index (χ4n) is 11.4. The van der Waals surface area contributed by atoms with Crippen molar-refractivity contribution in [3.8, 4) is 28.4 Å². The minimum Gasteiger partial charge on any atom is -0.497 e. The molecule has 0 saturated carbocycles. The maximum atomic E-state index is 5.76. The number of benzene rings is 10. The topological polar surface area (TPSA) is 37.4 Å². The average molecular weight is 1010 g/mol. The minimum atomic E-state index is -0.392. The molecular weight excluding hydrogens is 943 g/mol. The Balaban J connectivity index is 1.22. The number of rotatable bonds is 15. The summed E-state index contributed by atoms with van der Waals surface area (Å²) >= 11 is 0. The number of methoxy groups -OCH3 is 3. The van der Waals surface area contributed by atoms with Crippen LogP contribution >= 0.6 is 0 Å². The van der Waals surface area contributed by atoms with Gasteiger partial charge in [-0.05, 0) is 190 Å². The normalized spacial score (nSPS) is 12.5. The molecular formula is C71H69N3O3. The Morgan fingerprint density at radius 1 is 0.312 bits per heavy atom. The molecule has 6 nitrogen and oxygen atoms in total. The lowest BCUT2D eigenvalue weighted by atomic mass is 9.81. The van der Waals surface area contributed by atoms with E-state index in [1.165, 1.54) is 38.9 Å². The molecule has 0 aromatic heterocycles. The molecule has 0 aliphatic heterocycles. The number of ether oxygens (including phenoxy) is 3. The summed E-state index contributed by atoms with van der Waals surface area (Å²) in [6, 6.07) is 73.8. The molecule has 10 aromatic carbocycles. The Morgan fingerprint density at radius 3 is 0.974 bits per heavy atom. The van der Waals surface area contributed by atoms with E-state index >= 15 is 0 Å². The van der Waals surface area contributed by atoms with Crippen molar-refractivity contribution < 1.29 is 14.2 Å². The molecule has 11 rings (SSSR count). The highest BCUT2D eigenvalue weighted by atomic mass is 16.5. The lowest BCUT2D eigenvalue weighted by Gasteiger charge is -2.34. The molecule has 0 radical (unpaired) electrons. The van der Waals surface area contributed by atoms with Crippen molar-refractivity contribution >= 4 is 72.7 Å². The van der Waals surface area contributed by atoms with E-state index in [0.29, 0.717) is 17.8 Å². The smallest absolute Gasteiger partial charge is 0.119 e. The molecule has 0 N–H and O–H groups in total. The summed E-state index contributed by atoms with van der Waals surface area (Å²) < 4.78 is 17.2. The van der Waals surface area contributed by atoms with Crippen molar-refractivity contribution in [2.45, 2.75) is 78.6 Å². The summed E-state index contributed by atoms with van der Waals surface area (Å²) in [7, 11) is 5.18. The fourth-order valence-corrected chi connectivity index (χ4v) is 11.4. The number of nitrogens with zero attached hydrogens (tertiary/aromatic N) is 3. The average Bonchev–Trinajstić information content (AvgIpc) is 3.79. The molecule has 1 aliphatic carbocycles. The maximum Gasteiger partial charge on any atom is 0.119 e. The van der Waals surface area contributed by atoms with Crippen molar-refractivity contribution in [1.82, 2.24) is 0 Å². The second kappa shape index (κ2) is 20.6. The number of hydrogen-bond donors (Lipinski definition) is 0. The first kappa shape index (κ1) is 50.7. The van der Waals surface area contributed by atoms with Crippen LogP contribution in [0.4, 0.5) is 51.2 Å². The van der Waals surface area contributed by atoms with Crippen molar-refractivity contribution in [3.05, 3.63) is 228 Å². The highest BCUT2D eigenvalue weighted by Crippen LogP contribution is 2.57. The molecule has 0 atom stereocenters. The van der Waals surface area contributed by atoms with Gasteiger partial charge >= 0.3 is 0 Å². The van der Waals surface area contributed by atoms with E-state index in [-0.39, 0.29) is 0 Å². The summed E-state index contributed by atoms with van der Waals surface area (Å²) in [6.45, 7) is 18.3. The van der Waals surface area contributed by atoms with Crippen LogP contribution in [0.15, 0.2) is 200 Å². The SMILES string of the molecule is COc1ccc(N(c2ccc(C(C)C)cc2)c2ccc3c(c2)C(C)(C)c2cc4c(N(c5ccc(OC)cc5)c5ccc(C(C)C)cc5)c5ccccc5c(N(c5ccc(OC)cc5)c5ccc(C(C)C)cc5)c4cc2-3)cc1. The van der Waals surface area contributed by atoms with Crippen LogP contribution in [0, 0.1) is 0 Å². The van der Waals surface area contributed by atoms with Gasteiger partial charge in [0.05, 0.1) is 32.7 Å². The molecule has 0 unspecified atom stereocenters. The Hall–Kier alpha value is -8.48. The molecule has 0 fully saturated rings. The van der Waals surface area contributed by atoms with Crippen molar-refractivity contribution in [2.75, 3.05) is 36.0 Å². The number of anilines is 9. The molecule has 0 spiro atoms. The number of fused-ring (bicyclic) bond motifs is 5. The van der Waals surface area contributed by atoms with Crippen molar-refractivity contribution in [3.63, 3.8) is 0 Å². The van der Waals surface area contributed by atoms with Gasteiger partial charge in [0.2, 0.25) is 0 Å². The van der Waals surface area contributed by atoms with Crippen LogP contribution in [0.1, 0.15) is 101 Å². The zero-order valence-corrected chi connectivity index (χ0v) is 46.4. The molecule has 0 bridgehead atoms. The Labute approximate surface area is 455 Å². The summed E-state index contributed by atoms with van der Waals surface area (Å²) in [4.78, 5) is 7.29. The predicted molar refractivity (Wildman–Crippen MR) is 325 cm³/mol. The first-order chi connectivity index (χ1) is 37.3. The lowest BCUT2D eigenvalue weighted by molar-refractivity contribution is 0.414. The Kier molecular flexibility index (Phi) is 13.5. The van der Waals surface area contributed by atoms with Crippen LogP contribution in [0.5, 0.6) is 17.2 Å². The van der Waals surface area contributed by atoms with Gasteiger partial charge in [-0.1, -0.05) is 122 Å². The van der Waals surface area contributed by atoms with E-state index in [1.54, 1.807) is 21.3 Å². The van der Waals surface area contributed by atoms with Gasteiger partial charge in [0, 0.05) is 66.8 Å². The highest BCUT2D eigenvalue weighted by Gasteiger charge is 2.38. The quantitative estimate of drug-likeness (QED) is 0.0752. The zero-order valence-electron chi connectivity index (χ0n) is 46.4. The summed E-state index contributed by atoms with van der Waals surface area (Å²) in [6.07, 6.45) is 0.